The maximum atomic E-state index is 6.55. The molecule has 0 saturated carbocycles. The van der Waals surface area contributed by atoms with Crippen LogP contribution >= 0.6 is 0 Å². The fourth-order valence-corrected chi connectivity index (χ4v) is 3.98. The number of aryl methyl sites for hydroxylation is 1. The SMILES string of the molecule is CCCCCCCCCCc1ccccc1-c1ccc2ccccc2c1N. The summed E-state index contributed by atoms with van der Waals surface area (Å²) >= 11 is 0. The largest absolute Gasteiger partial charge is 0.398 e. The predicted octanol–water partition coefficient (Wildman–Crippen LogP) is 7.77. The molecular weight excluding hydrogens is 326 g/mol. The molecule has 0 aliphatic carbocycles. The Hall–Kier alpha value is -2.28. The Morgan fingerprint density at radius 3 is 2.11 bits per heavy atom. The van der Waals surface area contributed by atoms with Gasteiger partial charge in [0, 0.05) is 16.6 Å². The van der Waals surface area contributed by atoms with Crippen LogP contribution in [0.25, 0.3) is 21.9 Å². The van der Waals surface area contributed by atoms with Crippen molar-refractivity contribution in [1.82, 2.24) is 0 Å². The second-order valence-electron chi connectivity index (χ2n) is 7.63. The summed E-state index contributed by atoms with van der Waals surface area (Å²) in [6.07, 6.45) is 12.0. The maximum absolute atomic E-state index is 6.55. The number of fused-ring (bicyclic) bond motifs is 1. The number of benzene rings is 3. The van der Waals surface area contributed by atoms with E-state index in [4.69, 9.17) is 5.73 Å². The lowest BCUT2D eigenvalue weighted by atomic mass is 9.92. The molecule has 3 rings (SSSR count). The normalized spacial score (nSPS) is 11.1. The van der Waals surface area contributed by atoms with E-state index in [0.717, 1.165) is 17.5 Å². The van der Waals surface area contributed by atoms with Gasteiger partial charge < -0.3 is 5.73 Å². The Kier molecular flexibility index (Phi) is 7.33. The summed E-state index contributed by atoms with van der Waals surface area (Å²) in [4.78, 5) is 0. The van der Waals surface area contributed by atoms with Crippen LogP contribution in [-0.2, 0) is 6.42 Å². The average Bonchev–Trinajstić information content (AvgIpc) is 2.71. The second-order valence-corrected chi connectivity index (χ2v) is 7.63. The topological polar surface area (TPSA) is 26.0 Å². The Labute approximate surface area is 164 Å². The van der Waals surface area contributed by atoms with Gasteiger partial charge in [-0.15, -0.1) is 0 Å². The van der Waals surface area contributed by atoms with E-state index in [1.165, 1.54) is 73.4 Å². The molecule has 0 aliphatic rings. The van der Waals surface area contributed by atoms with Crippen LogP contribution in [0.15, 0.2) is 60.7 Å². The third-order valence-corrected chi connectivity index (χ3v) is 5.58. The number of rotatable bonds is 10. The molecule has 0 atom stereocenters. The highest BCUT2D eigenvalue weighted by atomic mass is 14.6. The monoisotopic (exact) mass is 359 g/mol. The van der Waals surface area contributed by atoms with Crippen molar-refractivity contribution in [3.05, 3.63) is 66.2 Å². The Bertz CT molecular complexity index is 850. The van der Waals surface area contributed by atoms with Crippen LogP contribution < -0.4 is 5.73 Å². The number of anilines is 1. The molecule has 142 valence electrons. The van der Waals surface area contributed by atoms with Crippen molar-refractivity contribution >= 4 is 16.5 Å². The summed E-state index contributed by atoms with van der Waals surface area (Å²) in [6, 6.07) is 21.5. The smallest absolute Gasteiger partial charge is 0.0473 e. The van der Waals surface area contributed by atoms with Crippen LogP contribution in [-0.4, -0.2) is 0 Å². The fraction of sp³-hybridized carbons (Fsp3) is 0.385. The molecule has 27 heavy (non-hydrogen) atoms. The van der Waals surface area contributed by atoms with Gasteiger partial charge >= 0.3 is 0 Å². The van der Waals surface area contributed by atoms with Gasteiger partial charge in [0.15, 0.2) is 0 Å². The zero-order valence-electron chi connectivity index (χ0n) is 16.7. The van der Waals surface area contributed by atoms with Gasteiger partial charge in [0.05, 0.1) is 0 Å². The summed E-state index contributed by atoms with van der Waals surface area (Å²) in [6.45, 7) is 2.28. The third-order valence-electron chi connectivity index (χ3n) is 5.58. The van der Waals surface area contributed by atoms with E-state index in [1.54, 1.807) is 0 Å². The number of hydrogen-bond acceptors (Lipinski definition) is 1. The molecule has 0 heterocycles. The van der Waals surface area contributed by atoms with Crippen LogP contribution in [0.1, 0.15) is 63.9 Å². The molecule has 0 saturated heterocycles. The quantitative estimate of drug-likeness (QED) is 0.290. The van der Waals surface area contributed by atoms with Crippen molar-refractivity contribution in [2.24, 2.45) is 0 Å². The summed E-state index contributed by atoms with van der Waals surface area (Å²) in [5.41, 5.74) is 11.3. The van der Waals surface area contributed by atoms with Crippen LogP contribution in [0.3, 0.4) is 0 Å². The van der Waals surface area contributed by atoms with Crippen molar-refractivity contribution in [3.63, 3.8) is 0 Å². The van der Waals surface area contributed by atoms with E-state index >= 15 is 0 Å². The van der Waals surface area contributed by atoms with E-state index in [1.807, 2.05) is 0 Å². The van der Waals surface area contributed by atoms with Gasteiger partial charge in [-0.3, -0.25) is 0 Å². The lowest BCUT2D eigenvalue weighted by Crippen LogP contribution is -1.96. The highest BCUT2D eigenvalue weighted by Crippen LogP contribution is 2.34. The van der Waals surface area contributed by atoms with Gasteiger partial charge in [-0.25, -0.2) is 0 Å². The molecule has 0 radical (unpaired) electrons. The van der Waals surface area contributed by atoms with Gasteiger partial charge in [0.25, 0.3) is 0 Å². The predicted molar refractivity (Wildman–Crippen MR) is 120 cm³/mol. The first-order chi connectivity index (χ1) is 13.3. The minimum absolute atomic E-state index is 0.900. The van der Waals surface area contributed by atoms with Crippen LogP contribution in [0, 0.1) is 0 Å². The fourth-order valence-electron chi connectivity index (χ4n) is 3.98. The molecule has 0 bridgehead atoms. The molecule has 0 fully saturated rings. The van der Waals surface area contributed by atoms with Gasteiger partial charge in [-0.1, -0.05) is 113 Å². The van der Waals surface area contributed by atoms with Gasteiger partial charge in [-0.05, 0) is 29.4 Å². The summed E-state index contributed by atoms with van der Waals surface area (Å²) in [7, 11) is 0. The van der Waals surface area contributed by atoms with Crippen LogP contribution in [0.5, 0.6) is 0 Å². The van der Waals surface area contributed by atoms with E-state index < -0.39 is 0 Å². The third kappa shape index (κ3) is 5.13. The Balaban J connectivity index is 1.65. The molecule has 0 unspecified atom stereocenters. The van der Waals surface area contributed by atoms with Crippen molar-refractivity contribution in [2.75, 3.05) is 5.73 Å². The summed E-state index contributed by atoms with van der Waals surface area (Å²) in [5.74, 6) is 0. The summed E-state index contributed by atoms with van der Waals surface area (Å²) in [5, 5.41) is 2.36. The molecule has 2 N–H and O–H groups in total. The highest BCUT2D eigenvalue weighted by molar-refractivity contribution is 6.00. The minimum atomic E-state index is 0.900. The first kappa shape index (κ1) is 19.5. The van der Waals surface area contributed by atoms with E-state index in [2.05, 4.69) is 67.6 Å². The number of nitrogens with two attached hydrogens (primary N) is 1. The highest BCUT2D eigenvalue weighted by Gasteiger charge is 2.10. The lowest BCUT2D eigenvalue weighted by Gasteiger charge is -2.14. The van der Waals surface area contributed by atoms with Gasteiger partial charge in [0.1, 0.15) is 0 Å². The zero-order chi connectivity index (χ0) is 18.9. The standard InChI is InChI=1S/C26H33N/c1-2-3-4-5-6-7-8-9-14-21-15-10-12-17-23(21)25-20-19-22-16-11-13-18-24(22)26(25)27/h10-13,15-20H,2-9,14,27H2,1H3. The second kappa shape index (κ2) is 10.2. The van der Waals surface area contributed by atoms with Crippen molar-refractivity contribution in [1.29, 1.82) is 0 Å². The molecule has 1 nitrogen and oxygen atoms in total. The van der Waals surface area contributed by atoms with Crippen LogP contribution in [0.2, 0.25) is 0 Å². The molecule has 3 aromatic rings. The molecule has 0 amide bonds. The van der Waals surface area contributed by atoms with Crippen molar-refractivity contribution in [3.8, 4) is 11.1 Å². The summed E-state index contributed by atoms with van der Waals surface area (Å²) < 4.78 is 0. The van der Waals surface area contributed by atoms with E-state index in [9.17, 15) is 0 Å². The van der Waals surface area contributed by atoms with Crippen molar-refractivity contribution < 1.29 is 0 Å². The number of nitrogen functional groups attached to an aromatic ring is 1. The van der Waals surface area contributed by atoms with Gasteiger partial charge in [-0.2, -0.15) is 0 Å². The average molecular weight is 360 g/mol. The van der Waals surface area contributed by atoms with E-state index in [0.29, 0.717) is 0 Å². The molecular formula is C26H33N. The van der Waals surface area contributed by atoms with E-state index in [-0.39, 0.29) is 0 Å². The minimum Gasteiger partial charge on any atom is -0.398 e. The molecule has 0 aliphatic heterocycles. The Morgan fingerprint density at radius 2 is 1.30 bits per heavy atom. The number of hydrogen-bond donors (Lipinski definition) is 1. The lowest BCUT2D eigenvalue weighted by molar-refractivity contribution is 0.575. The van der Waals surface area contributed by atoms with Crippen LogP contribution in [0.4, 0.5) is 5.69 Å². The number of unbranched alkanes of at least 4 members (excludes halogenated alkanes) is 7. The first-order valence-corrected chi connectivity index (χ1v) is 10.7. The maximum Gasteiger partial charge on any atom is 0.0473 e. The zero-order valence-corrected chi connectivity index (χ0v) is 16.7. The first-order valence-electron chi connectivity index (χ1n) is 10.7. The van der Waals surface area contributed by atoms with Gasteiger partial charge in [0.2, 0.25) is 0 Å². The molecule has 1 heteroatoms. The molecule has 0 spiro atoms. The van der Waals surface area contributed by atoms with Crippen molar-refractivity contribution in [2.45, 2.75) is 64.7 Å². The molecule has 0 aromatic heterocycles. The Morgan fingerprint density at radius 1 is 0.630 bits per heavy atom. The molecule has 3 aromatic carbocycles.